The molecule has 1 saturated carbocycles. The molecule has 0 aromatic carbocycles. The van der Waals surface area contributed by atoms with Gasteiger partial charge >= 0.3 is 5.97 Å². The molecule has 4 heteroatoms. The number of rotatable bonds is 3. The summed E-state index contributed by atoms with van der Waals surface area (Å²) in [5.74, 6) is 1.33. The van der Waals surface area contributed by atoms with Crippen LogP contribution < -0.4 is 5.73 Å². The third-order valence-corrected chi connectivity index (χ3v) is 3.85. The number of hydrogen-bond acceptors (Lipinski definition) is 4. The number of ether oxygens (including phenoxy) is 1. The minimum Gasteiger partial charge on any atom is -0.469 e. The summed E-state index contributed by atoms with van der Waals surface area (Å²) in [5, 5.41) is 0. The number of carbonyl (C=O) groups is 1. The van der Waals surface area contributed by atoms with E-state index in [1.165, 1.54) is 20.0 Å². The number of carbonyl (C=O) groups excluding carboxylic acids is 1. The molecule has 4 nitrogen and oxygen atoms in total. The minimum absolute atomic E-state index is 0.114. The molecule has 0 spiro atoms. The van der Waals surface area contributed by atoms with Gasteiger partial charge in [0.1, 0.15) is 0 Å². The first-order chi connectivity index (χ1) is 7.20. The van der Waals surface area contributed by atoms with Gasteiger partial charge in [0.25, 0.3) is 0 Å². The summed E-state index contributed by atoms with van der Waals surface area (Å²) in [5.41, 5.74) is 6.05. The van der Waals surface area contributed by atoms with Crippen molar-refractivity contribution in [2.24, 2.45) is 17.6 Å². The molecule has 2 N–H and O–H groups in total. The summed E-state index contributed by atoms with van der Waals surface area (Å²) < 4.78 is 4.63. The van der Waals surface area contributed by atoms with E-state index in [9.17, 15) is 4.79 Å². The fraction of sp³-hybridized carbons (Fsp3) is 0.909. The van der Waals surface area contributed by atoms with Crippen molar-refractivity contribution in [3.05, 3.63) is 0 Å². The molecule has 0 aromatic rings. The van der Waals surface area contributed by atoms with Gasteiger partial charge in [-0.3, -0.25) is 4.79 Å². The van der Waals surface area contributed by atoms with Crippen LogP contribution in [0.3, 0.4) is 0 Å². The van der Waals surface area contributed by atoms with Gasteiger partial charge in [-0.15, -0.1) is 0 Å². The summed E-state index contributed by atoms with van der Waals surface area (Å²) in [6.07, 6.45) is 2.95. The van der Waals surface area contributed by atoms with Crippen molar-refractivity contribution in [1.82, 2.24) is 4.90 Å². The van der Waals surface area contributed by atoms with Gasteiger partial charge in [-0.2, -0.15) is 0 Å². The van der Waals surface area contributed by atoms with E-state index in [0.29, 0.717) is 18.4 Å². The number of hydrogen-bond donors (Lipinski definition) is 1. The summed E-state index contributed by atoms with van der Waals surface area (Å²) in [4.78, 5) is 13.4. The second-order valence-electron chi connectivity index (χ2n) is 4.75. The van der Waals surface area contributed by atoms with Crippen LogP contribution in [0.1, 0.15) is 19.3 Å². The van der Waals surface area contributed by atoms with Crippen LogP contribution in [0.5, 0.6) is 0 Å². The fourth-order valence-corrected chi connectivity index (χ4v) is 2.93. The molecule has 2 aliphatic rings. The lowest BCUT2D eigenvalue weighted by Crippen LogP contribution is -2.31. The maximum absolute atomic E-state index is 11.0. The van der Waals surface area contributed by atoms with Crippen LogP contribution in [0.25, 0.3) is 0 Å². The molecular formula is C11H20N2O2. The number of likely N-dealkylation sites (tertiary alicyclic amines) is 1. The molecule has 3 atom stereocenters. The molecule has 1 aliphatic heterocycles. The van der Waals surface area contributed by atoms with Crippen LogP contribution in [-0.2, 0) is 9.53 Å². The Morgan fingerprint density at radius 3 is 2.93 bits per heavy atom. The summed E-state index contributed by atoms with van der Waals surface area (Å²) in [6, 6.07) is 0.387. The maximum Gasteiger partial charge on any atom is 0.306 e. The SMILES string of the molecule is COC(=O)CCN1CC2CCC(N)C2C1. The van der Waals surface area contributed by atoms with Crippen molar-refractivity contribution in [2.75, 3.05) is 26.7 Å². The predicted molar refractivity (Wildman–Crippen MR) is 57.3 cm³/mol. The Kier molecular flexibility index (Phi) is 3.26. The zero-order valence-electron chi connectivity index (χ0n) is 9.32. The first kappa shape index (κ1) is 10.9. The highest BCUT2D eigenvalue weighted by atomic mass is 16.5. The summed E-state index contributed by atoms with van der Waals surface area (Å²) in [6.45, 7) is 3.02. The van der Waals surface area contributed by atoms with Crippen molar-refractivity contribution in [3.8, 4) is 0 Å². The summed E-state index contributed by atoms with van der Waals surface area (Å²) >= 11 is 0. The molecule has 1 aliphatic carbocycles. The molecule has 15 heavy (non-hydrogen) atoms. The van der Waals surface area contributed by atoms with Crippen molar-refractivity contribution < 1.29 is 9.53 Å². The van der Waals surface area contributed by atoms with Crippen LogP contribution in [0.2, 0.25) is 0 Å². The highest BCUT2D eigenvalue weighted by Gasteiger charge is 2.40. The van der Waals surface area contributed by atoms with E-state index in [1.54, 1.807) is 0 Å². The minimum atomic E-state index is -0.114. The lowest BCUT2D eigenvalue weighted by atomic mass is 9.98. The Hall–Kier alpha value is -0.610. The normalized spacial score (nSPS) is 35.5. The maximum atomic E-state index is 11.0. The van der Waals surface area contributed by atoms with Crippen molar-refractivity contribution >= 4 is 5.97 Å². The van der Waals surface area contributed by atoms with E-state index in [2.05, 4.69) is 9.64 Å². The van der Waals surface area contributed by atoms with Gasteiger partial charge < -0.3 is 15.4 Å². The lowest BCUT2D eigenvalue weighted by molar-refractivity contribution is -0.140. The van der Waals surface area contributed by atoms with Crippen molar-refractivity contribution in [2.45, 2.75) is 25.3 Å². The third-order valence-electron chi connectivity index (χ3n) is 3.85. The van der Waals surface area contributed by atoms with E-state index in [0.717, 1.165) is 25.6 Å². The first-order valence-corrected chi connectivity index (χ1v) is 5.75. The zero-order chi connectivity index (χ0) is 10.8. The van der Waals surface area contributed by atoms with Crippen LogP contribution in [0.15, 0.2) is 0 Å². The third kappa shape index (κ3) is 2.32. The van der Waals surface area contributed by atoms with Crippen LogP contribution in [0.4, 0.5) is 0 Å². The second kappa shape index (κ2) is 4.49. The molecule has 1 saturated heterocycles. The molecule has 0 radical (unpaired) electrons. The Morgan fingerprint density at radius 1 is 1.47 bits per heavy atom. The van der Waals surface area contributed by atoms with Crippen LogP contribution in [-0.4, -0.2) is 43.7 Å². The monoisotopic (exact) mass is 212 g/mol. The highest BCUT2D eigenvalue weighted by Crippen LogP contribution is 2.36. The molecule has 2 rings (SSSR count). The van der Waals surface area contributed by atoms with Gasteiger partial charge in [0, 0.05) is 25.7 Å². The topological polar surface area (TPSA) is 55.6 Å². The standard InChI is InChI=1S/C11H20N2O2/c1-15-11(14)4-5-13-6-8-2-3-10(12)9(8)7-13/h8-10H,2-7,12H2,1H3. The molecule has 1 heterocycles. The van der Waals surface area contributed by atoms with Gasteiger partial charge in [-0.05, 0) is 24.7 Å². The summed E-state index contributed by atoms with van der Waals surface area (Å²) in [7, 11) is 1.44. The van der Waals surface area contributed by atoms with Crippen molar-refractivity contribution in [3.63, 3.8) is 0 Å². The van der Waals surface area contributed by atoms with E-state index in [-0.39, 0.29) is 5.97 Å². The van der Waals surface area contributed by atoms with E-state index >= 15 is 0 Å². The van der Waals surface area contributed by atoms with Gasteiger partial charge in [-0.25, -0.2) is 0 Å². The molecule has 0 bridgehead atoms. The first-order valence-electron chi connectivity index (χ1n) is 5.75. The van der Waals surface area contributed by atoms with Crippen LogP contribution in [0, 0.1) is 11.8 Å². The van der Waals surface area contributed by atoms with E-state index in [1.807, 2.05) is 0 Å². The van der Waals surface area contributed by atoms with Gasteiger partial charge in [0.2, 0.25) is 0 Å². The zero-order valence-corrected chi connectivity index (χ0v) is 9.32. The molecule has 86 valence electrons. The molecule has 0 amide bonds. The van der Waals surface area contributed by atoms with Crippen molar-refractivity contribution in [1.29, 1.82) is 0 Å². The number of fused-ring (bicyclic) bond motifs is 1. The predicted octanol–water partition coefficient (Wildman–Crippen LogP) is 0.219. The van der Waals surface area contributed by atoms with E-state index in [4.69, 9.17) is 5.73 Å². The quantitative estimate of drug-likeness (QED) is 0.680. The number of methoxy groups -OCH3 is 1. The Morgan fingerprint density at radius 2 is 2.27 bits per heavy atom. The van der Waals surface area contributed by atoms with Gasteiger partial charge in [-0.1, -0.05) is 0 Å². The number of nitrogens with two attached hydrogens (primary N) is 1. The Balaban J connectivity index is 1.76. The molecule has 2 fully saturated rings. The number of nitrogens with zero attached hydrogens (tertiary/aromatic N) is 1. The van der Waals surface area contributed by atoms with Gasteiger partial charge in [0.15, 0.2) is 0 Å². The van der Waals surface area contributed by atoms with Gasteiger partial charge in [0.05, 0.1) is 13.5 Å². The smallest absolute Gasteiger partial charge is 0.306 e. The molecule has 0 aromatic heterocycles. The average molecular weight is 212 g/mol. The number of esters is 1. The van der Waals surface area contributed by atoms with Crippen LogP contribution >= 0.6 is 0 Å². The molecular weight excluding hydrogens is 192 g/mol. The Bertz CT molecular complexity index is 245. The highest BCUT2D eigenvalue weighted by molar-refractivity contribution is 5.69. The fourth-order valence-electron chi connectivity index (χ4n) is 2.93. The Labute approximate surface area is 90.8 Å². The largest absolute Gasteiger partial charge is 0.469 e. The lowest BCUT2D eigenvalue weighted by Gasteiger charge is -2.17. The van der Waals surface area contributed by atoms with E-state index < -0.39 is 0 Å². The molecule has 3 unspecified atom stereocenters. The average Bonchev–Trinajstić information content (AvgIpc) is 2.78. The second-order valence-corrected chi connectivity index (χ2v) is 4.75.